The minimum atomic E-state index is 0.515. The molecule has 1 aliphatic heterocycles. The quantitative estimate of drug-likeness (QED) is 0.867. The van der Waals surface area contributed by atoms with Gasteiger partial charge in [0.15, 0.2) is 0 Å². The van der Waals surface area contributed by atoms with Crippen LogP contribution in [0.4, 0.5) is 0 Å². The van der Waals surface area contributed by atoms with Gasteiger partial charge in [-0.05, 0) is 30.9 Å². The molecule has 0 aliphatic carbocycles. The fourth-order valence-corrected chi connectivity index (χ4v) is 2.66. The van der Waals surface area contributed by atoms with Gasteiger partial charge in [-0.2, -0.15) is 0 Å². The molecule has 2 N–H and O–H groups in total. The van der Waals surface area contributed by atoms with Crippen molar-refractivity contribution in [3.63, 3.8) is 0 Å². The van der Waals surface area contributed by atoms with Crippen LogP contribution in [0.2, 0.25) is 0 Å². The van der Waals surface area contributed by atoms with Gasteiger partial charge in [0.2, 0.25) is 0 Å². The van der Waals surface area contributed by atoms with Crippen LogP contribution < -0.4 is 5.32 Å². The van der Waals surface area contributed by atoms with Crippen molar-refractivity contribution in [2.75, 3.05) is 13.2 Å². The van der Waals surface area contributed by atoms with E-state index in [0.717, 1.165) is 19.8 Å². The lowest BCUT2D eigenvalue weighted by Gasteiger charge is -2.19. The van der Waals surface area contributed by atoms with E-state index in [9.17, 15) is 0 Å². The molecule has 1 aromatic heterocycles. The van der Waals surface area contributed by atoms with Gasteiger partial charge in [-0.1, -0.05) is 18.2 Å². The average Bonchev–Trinajstić information content (AvgIpc) is 3.06. The highest BCUT2D eigenvalue weighted by molar-refractivity contribution is 5.82. The molecule has 1 saturated heterocycles. The molecule has 3 nitrogen and oxygen atoms in total. The number of rotatable bonds is 4. The first-order valence-corrected chi connectivity index (χ1v) is 6.71. The zero-order valence-corrected chi connectivity index (χ0v) is 10.8. The molecule has 1 fully saturated rings. The first-order chi connectivity index (χ1) is 8.84. The molecule has 0 radical (unpaired) electrons. The Morgan fingerprint density at radius 2 is 2.33 bits per heavy atom. The van der Waals surface area contributed by atoms with E-state index < -0.39 is 0 Å². The van der Waals surface area contributed by atoms with Crippen molar-refractivity contribution in [2.45, 2.75) is 25.9 Å². The number of fused-ring (bicyclic) bond motifs is 1. The lowest BCUT2D eigenvalue weighted by molar-refractivity contribution is 0.178. The second-order valence-corrected chi connectivity index (χ2v) is 5.15. The van der Waals surface area contributed by atoms with E-state index in [0.29, 0.717) is 12.0 Å². The summed E-state index contributed by atoms with van der Waals surface area (Å²) >= 11 is 0. The molecule has 0 bridgehead atoms. The summed E-state index contributed by atoms with van der Waals surface area (Å²) < 4.78 is 5.44. The third-order valence-electron chi connectivity index (χ3n) is 3.96. The maximum atomic E-state index is 5.44. The summed E-state index contributed by atoms with van der Waals surface area (Å²) in [5, 5.41) is 4.94. The number of H-pyrrole nitrogens is 1. The Hall–Kier alpha value is -1.32. The Balaban J connectivity index is 1.65. The summed E-state index contributed by atoms with van der Waals surface area (Å²) in [6.07, 6.45) is 3.29. The summed E-state index contributed by atoms with van der Waals surface area (Å²) in [6, 6.07) is 8.96. The van der Waals surface area contributed by atoms with Crippen LogP contribution in [0.15, 0.2) is 30.5 Å². The molecule has 96 valence electrons. The normalized spacial score (nSPS) is 21.5. The second kappa shape index (κ2) is 5.12. The average molecular weight is 244 g/mol. The van der Waals surface area contributed by atoms with Crippen molar-refractivity contribution in [2.24, 2.45) is 5.92 Å². The van der Waals surface area contributed by atoms with E-state index in [-0.39, 0.29) is 0 Å². The minimum absolute atomic E-state index is 0.515. The van der Waals surface area contributed by atoms with Crippen molar-refractivity contribution in [3.05, 3.63) is 36.0 Å². The summed E-state index contributed by atoms with van der Waals surface area (Å²) in [4.78, 5) is 3.32. The first kappa shape index (κ1) is 11.8. The van der Waals surface area contributed by atoms with Crippen LogP contribution in [-0.2, 0) is 11.3 Å². The molecule has 1 aromatic carbocycles. The standard InChI is InChI=1S/C15H20N2O/c1-11(12-6-7-18-10-12)16-8-13-9-17-15-5-3-2-4-14(13)15/h2-5,9,11-12,16-17H,6-8,10H2,1H3. The smallest absolute Gasteiger partial charge is 0.0509 e. The molecular formula is C15H20N2O. The van der Waals surface area contributed by atoms with Gasteiger partial charge < -0.3 is 15.0 Å². The molecule has 18 heavy (non-hydrogen) atoms. The fraction of sp³-hybridized carbons (Fsp3) is 0.467. The Morgan fingerprint density at radius 1 is 1.44 bits per heavy atom. The largest absolute Gasteiger partial charge is 0.381 e. The van der Waals surface area contributed by atoms with E-state index in [1.165, 1.54) is 22.9 Å². The van der Waals surface area contributed by atoms with Crippen LogP contribution in [0, 0.1) is 5.92 Å². The number of nitrogens with one attached hydrogen (secondary N) is 2. The van der Waals surface area contributed by atoms with Gasteiger partial charge in [0.05, 0.1) is 6.61 Å². The Kier molecular flexibility index (Phi) is 3.35. The highest BCUT2D eigenvalue weighted by Crippen LogP contribution is 2.19. The van der Waals surface area contributed by atoms with E-state index in [4.69, 9.17) is 4.74 Å². The van der Waals surface area contributed by atoms with Crippen molar-refractivity contribution < 1.29 is 4.74 Å². The number of aromatic amines is 1. The van der Waals surface area contributed by atoms with Gasteiger partial charge in [0, 0.05) is 36.3 Å². The number of aromatic nitrogens is 1. The lowest BCUT2D eigenvalue weighted by Crippen LogP contribution is -2.33. The van der Waals surface area contributed by atoms with Crippen molar-refractivity contribution in [3.8, 4) is 0 Å². The van der Waals surface area contributed by atoms with Crippen LogP contribution in [0.1, 0.15) is 18.9 Å². The Labute approximate surface area is 108 Å². The molecule has 2 heterocycles. The topological polar surface area (TPSA) is 37.0 Å². The molecule has 2 unspecified atom stereocenters. The van der Waals surface area contributed by atoms with E-state index in [2.05, 4.69) is 47.7 Å². The van der Waals surface area contributed by atoms with E-state index in [1.54, 1.807) is 0 Å². The number of hydrogen-bond donors (Lipinski definition) is 2. The van der Waals surface area contributed by atoms with Crippen LogP contribution in [0.3, 0.4) is 0 Å². The van der Waals surface area contributed by atoms with Crippen molar-refractivity contribution >= 4 is 10.9 Å². The molecular weight excluding hydrogens is 224 g/mol. The summed E-state index contributed by atoms with van der Waals surface area (Å²) in [7, 11) is 0. The molecule has 0 spiro atoms. The van der Waals surface area contributed by atoms with Crippen molar-refractivity contribution in [1.29, 1.82) is 0 Å². The van der Waals surface area contributed by atoms with Crippen LogP contribution in [0.5, 0.6) is 0 Å². The van der Waals surface area contributed by atoms with Gasteiger partial charge in [-0.25, -0.2) is 0 Å². The molecule has 3 heteroatoms. The zero-order valence-electron chi connectivity index (χ0n) is 10.8. The number of hydrogen-bond acceptors (Lipinski definition) is 2. The van der Waals surface area contributed by atoms with Gasteiger partial charge in [-0.3, -0.25) is 0 Å². The number of para-hydroxylation sites is 1. The lowest BCUT2D eigenvalue weighted by atomic mass is 10.0. The Bertz CT molecular complexity index is 514. The minimum Gasteiger partial charge on any atom is -0.381 e. The molecule has 1 aliphatic rings. The highest BCUT2D eigenvalue weighted by atomic mass is 16.5. The third-order valence-corrected chi connectivity index (χ3v) is 3.96. The van der Waals surface area contributed by atoms with Crippen LogP contribution in [0.25, 0.3) is 10.9 Å². The molecule has 0 saturated carbocycles. The maximum Gasteiger partial charge on any atom is 0.0509 e. The Morgan fingerprint density at radius 3 is 3.17 bits per heavy atom. The summed E-state index contributed by atoms with van der Waals surface area (Å²) in [5.41, 5.74) is 2.56. The monoisotopic (exact) mass is 244 g/mol. The number of benzene rings is 1. The van der Waals surface area contributed by atoms with E-state index >= 15 is 0 Å². The molecule has 2 aromatic rings. The van der Waals surface area contributed by atoms with Crippen molar-refractivity contribution in [1.82, 2.24) is 10.3 Å². The number of ether oxygens (including phenoxy) is 1. The van der Waals surface area contributed by atoms with Gasteiger partial charge in [0.25, 0.3) is 0 Å². The molecule has 3 rings (SSSR count). The van der Waals surface area contributed by atoms with Gasteiger partial charge in [0.1, 0.15) is 0 Å². The SMILES string of the molecule is CC(NCc1c[nH]c2ccccc12)C1CCOC1. The summed E-state index contributed by atoms with van der Waals surface area (Å²) in [5.74, 6) is 0.662. The predicted octanol–water partition coefficient (Wildman–Crippen LogP) is 2.68. The highest BCUT2D eigenvalue weighted by Gasteiger charge is 2.21. The predicted molar refractivity (Wildman–Crippen MR) is 73.5 cm³/mol. The second-order valence-electron chi connectivity index (χ2n) is 5.15. The zero-order chi connectivity index (χ0) is 12.4. The van der Waals surface area contributed by atoms with E-state index in [1.807, 2.05) is 0 Å². The molecule has 2 atom stereocenters. The first-order valence-electron chi connectivity index (χ1n) is 6.71. The third kappa shape index (κ3) is 2.28. The van der Waals surface area contributed by atoms with Crippen LogP contribution in [-0.4, -0.2) is 24.2 Å². The van der Waals surface area contributed by atoms with Gasteiger partial charge in [-0.15, -0.1) is 0 Å². The molecule has 0 amide bonds. The van der Waals surface area contributed by atoms with Gasteiger partial charge >= 0.3 is 0 Å². The van der Waals surface area contributed by atoms with Crippen LogP contribution >= 0.6 is 0 Å². The summed E-state index contributed by atoms with van der Waals surface area (Å²) in [6.45, 7) is 5.00. The fourth-order valence-electron chi connectivity index (χ4n) is 2.66. The maximum absolute atomic E-state index is 5.44.